The number of methoxy groups -OCH3 is 2. The van der Waals surface area contributed by atoms with Gasteiger partial charge in [0.2, 0.25) is 12.8 Å². The van der Waals surface area contributed by atoms with Crippen molar-refractivity contribution < 1.29 is 38.4 Å². The van der Waals surface area contributed by atoms with Gasteiger partial charge >= 0.3 is 5.97 Å². The average molecular weight is 828 g/mol. The summed E-state index contributed by atoms with van der Waals surface area (Å²) in [7, 11) is 5.14. The van der Waals surface area contributed by atoms with E-state index < -0.39 is 5.97 Å². The summed E-state index contributed by atoms with van der Waals surface area (Å²) in [6.45, 7) is 5.64. The zero-order valence-electron chi connectivity index (χ0n) is 35.3. The van der Waals surface area contributed by atoms with E-state index in [-0.39, 0.29) is 17.6 Å². The molecule has 0 spiro atoms. The van der Waals surface area contributed by atoms with E-state index in [1.807, 2.05) is 57.6 Å². The second-order valence-corrected chi connectivity index (χ2v) is 15.0. The van der Waals surface area contributed by atoms with Gasteiger partial charge in [0, 0.05) is 56.3 Å². The van der Waals surface area contributed by atoms with E-state index in [9.17, 15) is 19.5 Å². The number of carboxylic acids is 1. The van der Waals surface area contributed by atoms with E-state index in [0.717, 1.165) is 77.7 Å². The van der Waals surface area contributed by atoms with Gasteiger partial charge in [-0.1, -0.05) is 36.4 Å². The first kappa shape index (κ1) is 43.8. The Morgan fingerprint density at radius 1 is 0.705 bits per heavy atom. The van der Waals surface area contributed by atoms with Gasteiger partial charge in [-0.05, 0) is 103 Å². The number of carbonyl (C=O) groups excluding carboxylic acids is 2. The number of amides is 2. The molecule has 13 heteroatoms. The molecule has 0 fully saturated rings. The van der Waals surface area contributed by atoms with Crippen molar-refractivity contribution in [2.45, 2.75) is 64.6 Å². The Kier molecular flexibility index (Phi) is 15.1. The lowest BCUT2D eigenvalue weighted by Gasteiger charge is -2.16. The van der Waals surface area contributed by atoms with Crippen molar-refractivity contribution >= 4 is 53.7 Å². The molecule has 2 heterocycles. The molecule has 2 aliphatic heterocycles. The lowest BCUT2D eigenvalue weighted by Crippen LogP contribution is -2.26. The first-order chi connectivity index (χ1) is 29.6. The highest BCUT2D eigenvalue weighted by Crippen LogP contribution is 2.37. The third kappa shape index (κ3) is 11.1. The Hall–Kier alpha value is -6.73. The number of nitrogens with one attached hydrogen (secondary N) is 1. The van der Waals surface area contributed by atoms with E-state index in [4.69, 9.17) is 28.9 Å². The van der Waals surface area contributed by atoms with Crippen LogP contribution in [0.25, 0.3) is 11.1 Å². The van der Waals surface area contributed by atoms with Crippen molar-refractivity contribution in [3.8, 4) is 23.0 Å². The average Bonchev–Trinajstić information content (AvgIpc) is 3.90. The fourth-order valence-corrected chi connectivity index (χ4v) is 7.25. The van der Waals surface area contributed by atoms with Gasteiger partial charge in [-0.3, -0.25) is 19.6 Å². The van der Waals surface area contributed by atoms with Crippen LogP contribution in [0.2, 0.25) is 0 Å². The van der Waals surface area contributed by atoms with Crippen molar-refractivity contribution in [3.63, 3.8) is 0 Å². The van der Waals surface area contributed by atoms with Gasteiger partial charge in [-0.2, -0.15) is 0 Å². The number of carboxylic acid groups (broad SMARTS) is 1. The number of benzene rings is 4. The topological polar surface area (TPSA) is 152 Å². The lowest BCUT2D eigenvalue weighted by atomic mass is 10.0. The first-order valence-corrected chi connectivity index (χ1v) is 20.3. The molecule has 0 saturated carbocycles. The molecule has 61 heavy (non-hydrogen) atoms. The fraction of sp³-hybridized carbons (Fsp3) is 0.312. The van der Waals surface area contributed by atoms with Crippen molar-refractivity contribution in [2.75, 3.05) is 34.5 Å². The molecule has 0 aromatic heterocycles. The smallest absolute Gasteiger partial charge is 0.335 e. The molecule has 4 aromatic carbocycles. The van der Waals surface area contributed by atoms with Crippen LogP contribution in [-0.2, 0) is 16.1 Å². The molecule has 2 aliphatic rings. The number of hydrogen-bond acceptors (Lipinski definition) is 10. The van der Waals surface area contributed by atoms with Crippen LogP contribution in [0.15, 0.2) is 95.2 Å². The van der Waals surface area contributed by atoms with Gasteiger partial charge in [0.15, 0.2) is 23.0 Å². The maximum absolute atomic E-state index is 12.0. The van der Waals surface area contributed by atoms with E-state index in [2.05, 4.69) is 29.6 Å². The van der Waals surface area contributed by atoms with Crippen LogP contribution in [0.3, 0.4) is 0 Å². The Balaban J connectivity index is 0.992. The number of nitrogens with zero attached hydrogens (tertiary/aromatic N) is 4. The highest BCUT2D eigenvalue weighted by molar-refractivity contribution is 5.89. The summed E-state index contributed by atoms with van der Waals surface area (Å²) in [6, 6.07) is 22.0. The van der Waals surface area contributed by atoms with Gasteiger partial charge in [-0.25, -0.2) is 4.79 Å². The molecule has 2 amide bonds. The number of aromatic carboxylic acids is 1. The molecule has 2 unspecified atom stereocenters. The highest BCUT2D eigenvalue weighted by atomic mass is 16.5. The standard InChI is InChI=1S/C48H53N5O8/c1-32-19-44(58-4)46(23-42(32)50-26-40-21-38(28-52(40)30-54)35-11-9-34(10-12-35)25-49-3)60-17-7-6-8-18-61-47-24-43(33(2)20-45(47)59-5)51-27-41-22-39(29-53(41)31-55)36-13-15-37(16-14-36)48(56)57/h9-16,19-20,23-24,26-31,40-41,49H,6-8,17-18,21-22,25H2,1-5H3,(H,56,57)/b50-26-,51-27-. The fourth-order valence-electron chi connectivity index (χ4n) is 7.25. The van der Waals surface area contributed by atoms with Crippen LogP contribution in [0.1, 0.15) is 70.3 Å². The summed E-state index contributed by atoms with van der Waals surface area (Å²) in [4.78, 5) is 47.9. The maximum atomic E-state index is 12.0. The summed E-state index contributed by atoms with van der Waals surface area (Å²) in [5.41, 5.74) is 8.59. The molecule has 2 atom stereocenters. The molecule has 0 bridgehead atoms. The van der Waals surface area contributed by atoms with E-state index >= 15 is 0 Å². The molecule has 4 aromatic rings. The van der Waals surface area contributed by atoms with E-state index in [0.29, 0.717) is 54.7 Å². The van der Waals surface area contributed by atoms with Crippen molar-refractivity contribution in [2.24, 2.45) is 9.98 Å². The minimum Gasteiger partial charge on any atom is -0.493 e. The SMILES string of the molecule is CNCc1ccc(C2=CN(C=O)C(/C=N\c3cc(OCCCCCOc4cc(/N=C\C5CC(c6ccc(C(=O)O)cc6)=CN5C=O)c(C)cc4OC)c(OC)cc3C)C2)cc1. The van der Waals surface area contributed by atoms with Gasteiger partial charge in [0.1, 0.15) is 0 Å². The van der Waals surface area contributed by atoms with Crippen molar-refractivity contribution in [1.82, 2.24) is 15.1 Å². The summed E-state index contributed by atoms with van der Waals surface area (Å²) < 4.78 is 23.6. The van der Waals surface area contributed by atoms with Crippen LogP contribution in [0.4, 0.5) is 11.4 Å². The highest BCUT2D eigenvalue weighted by Gasteiger charge is 2.25. The van der Waals surface area contributed by atoms with Crippen LogP contribution in [0, 0.1) is 13.8 Å². The number of rotatable bonds is 21. The number of hydrogen-bond donors (Lipinski definition) is 2. The number of ether oxygens (including phenoxy) is 4. The van der Waals surface area contributed by atoms with E-state index in [1.165, 1.54) is 5.56 Å². The van der Waals surface area contributed by atoms with Crippen molar-refractivity contribution in [3.05, 3.63) is 119 Å². The summed E-state index contributed by atoms with van der Waals surface area (Å²) in [5, 5.41) is 12.4. The molecule has 0 saturated heterocycles. The van der Waals surface area contributed by atoms with Gasteiger partial charge in [0.25, 0.3) is 0 Å². The molecule has 0 aliphatic carbocycles. The second kappa shape index (κ2) is 21.0. The third-order valence-electron chi connectivity index (χ3n) is 10.7. The van der Waals surface area contributed by atoms with Crippen LogP contribution >= 0.6 is 0 Å². The summed E-state index contributed by atoms with van der Waals surface area (Å²) in [5.74, 6) is 1.42. The Morgan fingerprint density at radius 2 is 1.16 bits per heavy atom. The minimum atomic E-state index is -0.989. The van der Waals surface area contributed by atoms with Gasteiger partial charge in [-0.15, -0.1) is 0 Å². The van der Waals surface area contributed by atoms with Gasteiger partial charge in [0.05, 0.1) is 56.5 Å². The summed E-state index contributed by atoms with van der Waals surface area (Å²) >= 11 is 0. The monoisotopic (exact) mass is 827 g/mol. The zero-order valence-corrected chi connectivity index (χ0v) is 35.3. The predicted octanol–water partition coefficient (Wildman–Crippen LogP) is 8.31. The number of unbranched alkanes of at least 4 members (excludes halogenated alkanes) is 2. The molecule has 0 radical (unpaired) electrons. The largest absolute Gasteiger partial charge is 0.493 e. The molecular weight excluding hydrogens is 775 g/mol. The number of aliphatic imine (C=N–C) groups is 2. The number of aryl methyl sites for hydroxylation is 2. The summed E-state index contributed by atoms with van der Waals surface area (Å²) in [6.07, 6.45) is 12.5. The molecular formula is C48H53N5O8. The molecule has 13 nitrogen and oxygen atoms in total. The van der Waals surface area contributed by atoms with Gasteiger partial charge < -0.3 is 39.2 Å². The van der Waals surface area contributed by atoms with Crippen LogP contribution in [0.5, 0.6) is 23.0 Å². The minimum absolute atomic E-state index is 0.200. The maximum Gasteiger partial charge on any atom is 0.335 e. The molecule has 318 valence electrons. The Morgan fingerprint density at radius 3 is 1.57 bits per heavy atom. The number of carbonyl (C=O) groups is 3. The molecule has 2 N–H and O–H groups in total. The first-order valence-electron chi connectivity index (χ1n) is 20.3. The Labute approximate surface area is 357 Å². The molecule has 6 rings (SSSR count). The van der Waals surface area contributed by atoms with Crippen molar-refractivity contribution in [1.29, 1.82) is 0 Å². The zero-order chi connectivity index (χ0) is 43.3. The lowest BCUT2D eigenvalue weighted by molar-refractivity contribution is -0.117. The van der Waals surface area contributed by atoms with Crippen LogP contribution in [-0.4, -0.2) is 92.7 Å². The Bertz CT molecular complexity index is 2300. The van der Waals surface area contributed by atoms with Crippen LogP contribution < -0.4 is 24.3 Å². The van der Waals surface area contributed by atoms with E-state index in [1.54, 1.807) is 60.7 Å². The predicted molar refractivity (Wildman–Crippen MR) is 238 cm³/mol. The normalized spacial score (nSPS) is 16.2. The third-order valence-corrected chi connectivity index (χ3v) is 10.7. The second-order valence-electron chi connectivity index (χ2n) is 15.0. The quantitative estimate of drug-likeness (QED) is 0.0480.